The van der Waals surface area contributed by atoms with Crippen molar-refractivity contribution >= 4 is 33.7 Å². The van der Waals surface area contributed by atoms with Gasteiger partial charge in [-0.25, -0.2) is 4.98 Å². The monoisotopic (exact) mass is 308 g/mol. The third-order valence-corrected chi connectivity index (χ3v) is 4.22. The molecule has 20 heavy (non-hydrogen) atoms. The summed E-state index contributed by atoms with van der Waals surface area (Å²) in [5, 5.41) is 10.8. The zero-order valence-electron chi connectivity index (χ0n) is 10.7. The minimum atomic E-state index is 0.501. The fraction of sp³-hybridized carbons (Fsp3) is 0.273. The largest absolute Gasteiger partial charge is 0.382 e. The Bertz CT molecular complexity index is 690. The lowest BCUT2D eigenvalue weighted by Crippen LogP contribution is -2.05. The number of rotatable bonds is 5. The summed E-state index contributed by atoms with van der Waals surface area (Å²) in [4.78, 5) is 8.43. The van der Waals surface area contributed by atoms with Crippen molar-refractivity contribution in [3.8, 4) is 11.3 Å². The average molecular weight is 308 g/mol. The zero-order chi connectivity index (χ0) is 13.9. The first-order chi connectivity index (χ1) is 9.74. The summed E-state index contributed by atoms with van der Waals surface area (Å²) in [5.74, 6) is 1.10. The Morgan fingerprint density at radius 1 is 1.45 bits per heavy atom. The van der Waals surface area contributed by atoms with Gasteiger partial charge in [-0.1, -0.05) is 5.16 Å². The van der Waals surface area contributed by atoms with Crippen LogP contribution in [-0.4, -0.2) is 26.0 Å². The van der Waals surface area contributed by atoms with E-state index in [4.69, 9.17) is 10.3 Å². The number of aromatic nitrogens is 4. The van der Waals surface area contributed by atoms with Gasteiger partial charge in [0, 0.05) is 18.3 Å². The van der Waals surface area contributed by atoms with Crippen molar-refractivity contribution in [1.29, 1.82) is 0 Å². The maximum Gasteiger partial charge on any atom is 0.228 e. The van der Waals surface area contributed by atoms with Crippen LogP contribution >= 0.6 is 22.9 Å². The second-order valence-corrected chi connectivity index (χ2v) is 5.87. The fourth-order valence-corrected chi connectivity index (χ4v) is 3.09. The van der Waals surface area contributed by atoms with Crippen molar-refractivity contribution in [2.45, 2.75) is 13.3 Å². The van der Waals surface area contributed by atoms with Gasteiger partial charge in [0.2, 0.25) is 5.89 Å². The van der Waals surface area contributed by atoms with Crippen LogP contribution in [-0.2, 0) is 6.42 Å². The van der Waals surface area contributed by atoms with E-state index < -0.39 is 0 Å². The molecule has 3 heterocycles. The van der Waals surface area contributed by atoms with Crippen LogP contribution in [0.15, 0.2) is 16.2 Å². The summed E-state index contributed by atoms with van der Waals surface area (Å²) in [6.07, 6.45) is 2.04. The lowest BCUT2D eigenvalue weighted by molar-refractivity contribution is 0.380. The first-order valence-corrected chi connectivity index (χ1v) is 7.56. The van der Waals surface area contributed by atoms with Crippen molar-refractivity contribution in [3.05, 3.63) is 22.6 Å². The molecule has 0 aliphatic heterocycles. The average Bonchev–Trinajstić information content (AvgIpc) is 3.12. The summed E-state index contributed by atoms with van der Waals surface area (Å²) in [6.45, 7) is 2.63. The predicted octanol–water partition coefficient (Wildman–Crippen LogP) is 2.19. The molecule has 0 atom stereocenters. The lowest BCUT2D eigenvalue weighted by Gasteiger charge is -2.03. The van der Waals surface area contributed by atoms with Crippen LogP contribution in [0.5, 0.6) is 0 Å². The highest BCUT2D eigenvalue weighted by atomic mass is 32.1. The van der Waals surface area contributed by atoms with Gasteiger partial charge in [0.1, 0.15) is 10.8 Å². The van der Waals surface area contributed by atoms with E-state index in [0.29, 0.717) is 24.7 Å². The van der Waals surface area contributed by atoms with Gasteiger partial charge in [0.25, 0.3) is 0 Å². The Kier molecular flexibility index (Phi) is 3.61. The molecule has 0 saturated carbocycles. The van der Waals surface area contributed by atoms with E-state index in [-0.39, 0.29) is 0 Å². The number of nitrogen functional groups attached to an aromatic ring is 1. The highest BCUT2D eigenvalue weighted by molar-refractivity contribution is 7.11. The standard InChI is InChI=1S/C11H12N6OS2/c1-6-16-7(4-19-6)9-10(12)17-20-11(9)13-3-2-8-14-5-15-18-8/h4-5,13H,2-3H2,1H3,(H2,12,17). The SMILES string of the molecule is Cc1nc(-c2c(N)nsc2NCCc2ncno2)cs1. The van der Waals surface area contributed by atoms with E-state index in [2.05, 4.69) is 24.8 Å². The van der Waals surface area contributed by atoms with Gasteiger partial charge < -0.3 is 15.6 Å². The molecule has 0 spiro atoms. The Morgan fingerprint density at radius 2 is 2.35 bits per heavy atom. The summed E-state index contributed by atoms with van der Waals surface area (Å²) >= 11 is 2.92. The summed E-state index contributed by atoms with van der Waals surface area (Å²) in [5.41, 5.74) is 7.66. The van der Waals surface area contributed by atoms with E-state index in [0.717, 1.165) is 21.3 Å². The molecule has 3 N–H and O–H groups in total. The predicted molar refractivity (Wildman–Crippen MR) is 78.9 cm³/mol. The van der Waals surface area contributed by atoms with E-state index in [9.17, 15) is 0 Å². The van der Waals surface area contributed by atoms with Gasteiger partial charge in [-0.3, -0.25) is 0 Å². The molecule has 7 nitrogen and oxygen atoms in total. The maximum atomic E-state index is 5.93. The molecule has 3 rings (SSSR count). The minimum absolute atomic E-state index is 0.501. The summed E-state index contributed by atoms with van der Waals surface area (Å²) < 4.78 is 9.13. The van der Waals surface area contributed by atoms with Crippen molar-refractivity contribution in [2.24, 2.45) is 0 Å². The normalized spacial score (nSPS) is 10.8. The first-order valence-electron chi connectivity index (χ1n) is 5.91. The molecule has 0 amide bonds. The quantitative estimate of drug-likeness (QED) is 0.744. The Balaban J connectivity index is 1.74. The number of hydrogen-bond donors (Lipinski definition) is 2. The minimum Gasteiger partial charge on any atom is -0.382 e. The van der Waals surface area contributed by atoms with Crippen LogP contribution in [0.4, 0.5) is 10.8 Å². The van der Waals surface area contributed by atoms with Crippen molar-refractivity contribution < 1.29 is 4.52 Å². The summed E-state index contributed by atoms with van der Waals surface area (Å²) in [7, 11) is 0. The highest BCUT2D eigenvalue weighted by Crippen LogP contribution is 2.36. The molecule has 0 saturated heterocycles. The number of nitrogens with zero attached hydrogens (tertiary/aromatic N) is 4. The second kappa shape index (κ2) is 5.55. The van der Waals surface area contributed by atoms with Crippen LogP contribution in [0, 0.1) is 6.92 Å². The van der Waals surface area contributed by atoms with E-state index in [1.165, 1.54) is 17.9 Å². The van der Waals surface area contributed by atoms with Gasteiger partial charge in [-0.05, 0) is 18.5 Å². The number of hydrogen-bond acceptors (Lipinski definition) is 9. The van der Waals surface area contributed by atoms with Gasteiger partial charge in [0.05, 0.1) is 16.3 Å². The molecule has 0 aliphatic carbocycles. The molecule has 0 radical (unpaired) electrons. The Morgan fingerprint density at radius 3 is 3.05 bits per heavy atom. The van der Waals surface area contributed by atoms with E-state index in [1.54, 1.807) is 11.3 Å². The van der Waals surface area contributed by atoms with Gasteiger partial charge in [-0.2, -0.15) is 9.36 Å². The van der Waals surface area contributed by atoms with Crippen molar-refractivity contribution in [3.63, 3.8) is 0 Å². The summed E-state index contributed by atoms with van der Waals surface area (Å²) in [6, 6.07) is 0. The smallest absolute Gasteiger partial charge is 0.228 e. The third-order valence-electron chi connectivity index (χ3n) is 2.63. The number of nitrogens with two attached hydrogens (primary N) is 1. The Labute approximate surface area is 123 Å². The molecule has 0 unspecified atom stereocenters. The third kappa shape index (κ3) is 2.63. The van der Waals surface area contributed by atoms with Gasteiger partial charge >= 0.3 is 0 Å². The van der Waals surface area contributed by atoms with E-state index >= 15 is 0 Å². The molecule has 0 aliphatic rings. The highest BCUT2D eigenvalue weighted by Gasteiger charge is 2.16. The molecule has 104 valence electrons. The van der Waals surface area contributed by atoms with Gasteiger partial charge in [0.15, 0.2) is 6.33 Å². The second-order valence-electron chi connectivity index (χ2n) is 4.04. The molecule has 0 aromatic carbocycles. The molecule has 0 bridgehead atoms. The lowest BCUT2D eigenvalue weighted by atomic mass is 10.2. The van der Waals surface area contributed by atoms with Crippen LogP contribution in [0.1, 0.15) is 10.9 Å². The molecule has 3 aromatic rings. The van der Waals surface area contributed by atoms with Gasteiger partial charge in [-0.15, -0.1) is 11.3 Å². The van der Waals surface area contributed by atoms with Crippen LogP contribution in [0.25, 0.3) is 11.3 Å². The molecular weight excluding hydrogens is 296 g/mol. The molecule has 0 fully saturated rings. The first kappa shape index (κ1) is 13.0. The fourth-order valence-electron chi connectivity index (χ4n) is 1.74. The van der Waals surface area contributed by atoms with Crippen molar-refractivity contribution in [1.82, 2.24) is 19.5 Å². The Hall–Kier alpha value is -2.00. The molecule has 3 aromatic heterocycles. The number of thiazole rings is 1. The number of nitrogens with one attached hydrogen (secondary N) is 1. The topological polar surface area (TPSA) is 103 Å². The maximum absolute atomic E-state index is 5.93. The van der Waals surface area contributed by atoms with Crippen LogP contribution < -0.4 is 11.1 Å². The van der Waals surface area contributed by atoms with Crippen molar-refractivity contribution in [2.75, 3.05) is 17.6 Å². The zero-order valence-corrected chi connectivity index (χ0v) is 12.3. The molecular formula is C11H12N6OS2. The van der Waals surface area contributed by atoms with Crippen LogP contribution in [0.3, 0.4) is 0 Å². The number of anilines is 2. The molecule has 9 heteroatoms. The van der Waals surface area contributed by atoms with Crippen LogP contribution in [0.2, 0.25) is 0 Å². The number of aryl methyl sites for hydroxylation is 1. The van der Waals surface area contributed by atoms with E-state index in [1.807, 2.05) is 12.3 Å².